The number of nitrogens with one attached hydrogen (secondary N) is 1. The molecular formula is C15H23N3O. The van der Waals surface area contributed by atoms with Crippen LogP contribution in [0.4, 0.5) is 5.82 Å². The van der Waals surface area contributed by atoms with E-state index < -0.39 is 0 Å². The van der Waals surface area contributed by atoms with Gasteiger partial charge in [-0.3, -0.25) is 4.79 Å². The lowest BCUT2D eigenvalue weighted by Gasteiger charge is -2.34. The highest BCUT2D eigenvalue weighted by atomic mass is 16.1. The molecular weight excluding hydrogens is 238 g/mol. The van der Waals surface area contributed by atoms with Gasteiger partial charge in [0.1, 0.15) is 5.82 Å². The highest BCUT2D eigenvalue weighted by Crippen LogP contribution is 2.33. The van der Waals surface area contributed by atoms with E-state index in [-0.39, 0.29) is 6.04 Å². The molecule has 0 aliphatic carbocycles. The molecule has 1 amide bonds. The minimum Gasteiger partial charge on any atom is -0.367 e. The summed E-state index contributed by atoms with van der Waals surface area (Å²) in [4.78, 5) is 17.6. The third-order valence-electron chi connectivity index (χ3n) is 3.87. The van der Waals surface area contributed by atoms with E-state index in [2.05, 4.69) is 30.2 Å². The van der Waals surface area contributed by atoms with E-state index in [1.807, 2.05) is 17.2 Å². The number of nitrogens with zero attached hydrogens (tertiary/aromatic N) is 2. The van der Waals surface area contributed by atoms with Gasteiger partial charge in [-0.1, -0.05) is 13.0 Å². The lowest BCUT2D eigenvalue weighted by molar-refractivity contribution is -0.121. The quantitative estimate of drug-likeness (QED) is 0.829. The normalized spacial score (nSPS) is 20.9. The molecule has 104 valence electrons. The van der Waals surface area contributed by atoms with Gasteiger partial charge in [0.2, 0.25) is 6.41 Å². The maximum absolute atomic E-state index is 11.2. The first kappa shape index (κ1) is 13.8. The van der Waals surface area contributed by atoms with Crippen LogP contribution < -0.4 is 5.32 Å². The smallest absolute Gasteiger partial charge is 0.210 e. The minimum atomic E-state index is 0.173. The number of carbonyl (C=O) groups excluding carboxylic acids is 1. The average molecular weight is 261 g/mol. The molecule has 4 nitrogen and oxygen atoms in total. The van der Waals surface area contributed by atoms with Crippen molar-refractivity contribution in [2.45, 2.75) is 51.6 Å². The Morgan fingerprint density at radius 3 is 3.16 bits per heavy atom. The molecule has 0 aromatic carbocycles. The van der Waals surface area contributed by atoms with Crippen LogP contribution in [0.2, 0.25) is 0 Å². The Kier molecular flexibility index (Phi) is 4.77. The van der Waals surface area contributed by atoms with E-state index in [1.54, 1.807) is 0 Å². The maximum atomic E-state index is 11.2. The Morgan fingerprint density at radius 1 is 1.58 bits per heavy atom. The summed E-state index contributed by atoms with van der Waals surface area (Å²) < 4.78 is 0. The highest BCUT2D eigenvalue weighted by Gasteiger charge is 2.25. The van der Waals surface area contributed by atoms with Crippen molar-refractivity contribution >= 4 is 12.2 Å². The summed E-state index contributed by atoms with van der Waals surface area (Å²) in [6.07, 6.45) is 7.14. The minimum absolute atomic E-state index is 0.173. The van der Waals surface area contributed by atoms with E-state index in [9.17, 15) is 4.79 Å². The van der Waals surface area contributed by atoms with Crippen LogP contribution in [0.25, 0.3) is 0 Å². The van der Waals surface area contributed by atoms with E-state index >= 15 is 0 Å². The molecule has 1 aliphatic heterocycles. The number of carbonyl (C=O) groups is 1. The van der Waals surface area contributed by atoms with E-state index in [4.69, 9.17) is 0 Å². The zero-order valence-corrected chi connectivity index (χ0v) is 11.8. The Labute approximate surface area is 115 Å². The van der Waals surface area contributed by atoms with Crippen LogP contribution >= 0.6 is 0 Å². The second-order valence-electron chi connectivity index (χ2n) is 5.25. The molecule has 1 saturated heterocycles. The van der Waals surface area contributed by atoms with Crippen LogP contribution in [0, 0.1) is 0 Å². The van der Waals surface area contributed by atoms with Crippen molar-refractivity contribution < 1.29 is 4.79 Å². The third-order valence-corrected chi connectivity index (χ3v) is 3.87. The van der Waals surface area contributed by atoms with E-state index in [0.717, 1.165) is 43.6 Å². The molecule has 1 aromatic rings. The fraction of sp³-hybridized carbons (Fsp3) is 0.600. The first-order valence-electron chi connectivity index (χ1n) is 7.18. The number of piperidine rings is 1. The van der Waals surface area contributed by atoms with Gasteiger partial charge in [-0.2, -0.15) is 0 Å². The first-order chi connectivity index (χ1) is 9.26. The molecule has 2 atom stereocenters. The molecule has 19 heavy (non-hydrogen) atoms. The van der Waals surface area contributed by atoms with Crippen molar-refractivity contribution in [3.8, 4) is 0 Å². The standard InChI is InChI=1S/C15H23N3O/c1-3-12(2)17-15-13(7-6-9-16-15)14-8-4-5-10-18(14)11-19/h6-7,9,11-12,14H,3-5,8,10H2,1-2H3,(H,16,17). The number of amides is 1. The molecule has 1 fully saturated rings. The average Bonchev–Trinajstić information content (AvgIpc) is 2.47. The van der Waals surface area contributed by atoms with Gasteiger partial charge < -0.3 is 10.2 Å². The molecule has 0 bridgehead atoms. The topological polar surface area (TPSA) is 45.2 Å². The number of hydrogen-bond acceptors (Lipinski definition) is 3. The molecule has 2 rings (SSSR count). The number of hydrogen-bond donors (Lipinski definition) is 1. The first-order valence-corrected chi connectivity index (χ1v) is 7.18. The Hall–Kier alpha value is -1.58. The molecule has 1 aliphatic rings. The van der Waals surface area contributed by atoms with Gasteiger partial charge in [-0.25, -0.2) is 4.98 Å². The molecule has 0 spiro atoms. The van der Waals surface area contributed by atoms with Crippen LogP contribution in [0.15, 0.2) is 18.3 Å². The summed E-state index contributed by atoms with van der Waals surface area (Å²) in [6.45, 7) is 5.15. The van der Waals surface area contributed by atoms with Gasteiger partial charge in [0, 0.05) is 24.3 Å². The lowest BCUT2D eigenvalue weighted by atomic mass is 9.96. The summed E-state index contributed by atoms with van der Waals surface area (Å²) in [5, 5.41) is 3.45. The van der Waals surface area contributed by atoms with Gasteiger partial charge in [0.25, 0.3) is 0 Å². The second-order valence-corrected chi connectivity index (χ2v) is 5.25. The Balaban J connectivity index is 2.24. The Bertz CT molecular complexity index is 422. The summed E-state index contributed by atoms with van der Waals surface area (Å²) >= 11 is 0. The van der Waals surface area contributed by atoms with Crippen LogP contribution in [0.1, 0.15) is 51.1 Å². The SMILES string of the molecule is CCC(C)Nc1ncccc1C1CCCCN1C=O. The number of pyridine rings is 1. The molecule has 4 heteroatoms. The van der Waals surface area contributed by atoms with E-state index in [1.165, 1.54) is 6.42 Å². The van der Waals surface area contributed by atoms with Gasteiger partial charge in [-0.05, 0) is 38.7 Å². The zero-order chi connectivity index (χ0) is 13.7. The fourth-order valence-electron chi connectivity index (χ4n) is 2.56. The van der Waals surface area contributed by atoms with Crippen LogP contribution in [0.5, 0.6) is 0 Å². The van der Waals surface area contributed by atoms with Crippen LogP contribution in [-0.2, 0) is 4.79 Å². The predicted octanol–water partition coefficient (Wildman–Crippen LogP) is 2.98. The molecule has 0 saturated carbocycles. The van der Waals surface area contributed by atoms with Crippen molar-refractivity contribution in [1.82, 2.24) is 9.88 Å². The van der Waals surface area contributed by atoms with Crippen molar-refractivity contribution in [2.24, 2.45) is 0 Å². The summed E-state index contributed by atoms with van der Waals surface area (Å²) in [5.74, 6) is 0.926. The van der Waals surface area contributed by atoms with Crippen molar-refractivity contribution in [3.05, 3.63) is 23.9 Å². The Morgan fingerprint density at radius 2 is 2.42 bits per heavy atom. The molecule has 1 N–H and O–H groups in total. The van der Waals surface area contributed by atoms with Crippen LogP contribution in [0.3, 0.4) is 0 Å². The third kappa shape index (κ3) is 3.25. The fourth-order valence-corrected chi connectivity index (χ4v) is 2.56. The summed E-state index contributed by atoms with van der Waals surface area (Å²) in [5.41, 5.74) is 1.15. The van der Waals surface area contributed by atoms with Gasteiger partial charge >= 0.3 is 0 Å². The molecule has 0 radical (unpaired) electrons. The van der Waals surface area contributed by atoms with Crippen LogP contribution in [-0.4, -0.2) is 28.9 Å². The second kappa shape index (κ2) is 6.55. The van der Waals surface area contributed by atoms with Gasteiger partial charge in [0.15, 0.2) is 0 Å². The summed E-state index contributed by atoms with van der Waals surface area (Å²) in [7, 11) is 0. The van der Waals surface area contributed by atoms with Crippen molar-refractivity contribution in [3.63, 3.8) is 0 Å². The predicted molar refractivity (Wildman–Crippen MR) is 77.0 cm³/mol. The van der Waals surface area contributed by atoms with Gasteiger partial charge in [0.05, 0.1) is 6.04 Å². The zero-order valence-electron chi connectivity index (χ0n) is 11.8. The number of anilines is 1. The lowest BCUT2D eigenvalue weighted by Crippen LogP contribution is -2.33. The van der Waals surface area contributed by atoms with Crippen molar-refractivity contribution in [1.29, 1.82) is 0 Å². The molecule has 2 unspecified atom stereocenters. The summed E-state index contributed by atoms with van der Waals surface area (Å²) in [6, 6.07) is 4.60. The monoisotopic (exact) mass is 261 g/mol. The number of aromatic nitrogens is 1. The number of rotatable bonds is 5. The maximum Gasteiger partial charge on any atom is 0.210 e. The van der Waals surface area contributed by atoms with Gasteiger partial charge in [-0.15, -0.1) is 0 Å². The largest absolute Gasteiger partial charge is 0.367 e. The number of likely N-dealkylation sites (tertiary alicyclic amines) is 1. The van der Waals surface area contributed by atoms with E-state index in [0.29, 0.717) is 6.04 Å². The van der Waals surface area contributed by atoms with Crippen molar-refractivity contribution in [2.75, 3.05) is 11.9 Å². The molecule has 2 heterocycles. The molecule has 1 aromatic heterocycles. The highest BCUT2D eigenvalue weighted by molar-refractivity contribution is 5.53.